The lowest BCUT2D eigenvalue weighted by Crippen LogP contribution is -2.07. The van der Waals surface area contributed by atoms with Crippen LogP contribution in [0.1, 0.15) is 16.8 Å². The van der Waals surface area contributed by atoms with Gasteiger partial charge in [0.25, 0.3) is 0 Å². The van der Waals surface area contributed by atoms with Crippen LogP contribution in [0, 0.1) is 0 Å². The van der Waals surface area contributed by atoms with Crippen LogP contribution in [-0.2, 0) is 0 Å². The number of halogens is 3. The maximum atomic E-state index is 11.9. The van der Waals surface area contributed by atoms with E-state index in [2.05, 4.69) is 47.8 Å². The fraction of sp³-hybridized carbons (Fsp3) is 0.133. The molecule has 0 unspecified atom stereocenters. The fourth-order valence-corrected chi connectivity index (χ4v) is 4.17. The van der Waals surface area contributed by atoms with Crippen molar-refractivity contribution >= 4 is 53.6 Å². The topological polar surface area (TPSA) is 26.3 Å². The van der Waals surface area contributed by atoms with E-state index >= 15 is 0 Å². The Morgan fingerprint density at radius 1 is 1.00 bits per heavy atom. The molecular formula is C15H11Br3O2. The lowest BCUT2D eigenvalue weighted by Gasteiger charge is -2.10. The molecule has 0 amide bonds. The van der Waals surface area contributed by atoms with Gasteiger partial charge < -0.3 is 4.74 Å². The Bertz CT molecular complexity index is 589. The molecule has 2 nitrogen and oxygen atoms in total. The third-order valence-electron chi connectivity index (χ3n) is 2.63. The summed E-state index contributed by atoms with van der Waals surface area (Å²) in [5.74, 6) is 0.781. The average Bonchev–Trinajstić information content (AvgIpc) is 2.42. The Balaban J connectivity index is 1.95. The number of ketones is 1. The molecule has 0 aliphatic carbocycles. The highest BCUT2D eigenvalue weighted by Crippen LogP contribution is 2.36. The number of benzene rings is 2. The van der Waals surface area contributed by atoms with Gasteiger partial charge in [-0.3, -0.25) is 4.79 Å². The standard InChI is InChI=1S/C15H11Br3O2/c16-11-8-12(17)15(13(18)9-11)20-7-6-14(19)10-4-2-1-3-5-10/h1-5,8-9H,6-7H2. The van der Waals surface area contributed by atoms with Crippen molar-refractivity contribution in [2.75, 3.05) is 6.61 Å². The summed E-state index contributed by atoms with van der Waals surface area (Å²) < 4.78 is 8.31. The molecule has 0 atom stereocenters. The first-order valence-electron chi connectivity index (χ1n) is 5.93. The number of carbonyl (C=O) groups excluding carboxylic acids is 1. The van der Waals surface area contributed by atoms with Gasteiger partial charge in [-0.1, -0.05) is 46.3 Å². The highest BCUT2D eigenvalue weighted by molar-refractivity contribution is 9.11. The van der Waals surface area contributed by atoms with Gasteiger partial charge >= 0.3 is 0 Å². The van der Waals surface area contributed by atoms with Crippen LogP contribution in [-0.4, -0.2) is 12.4 Å². The van der Waals surface area contributed by atoms with Crippen molar-refractivity contribution < 1.29 is 9.53 Å². The summed E-state index contributed by atoms with van der Waals surface area (Å²) in [6, 6.07) is 13.0. The van der Waals surface area contributed by atoms with Crippen molar-refractivity contribution in [2.45, 2.75) is 6.42 Å². The summed E-state index contributed by atoms with van der Waals surface area (Å²) in [4.78, 5) is 11.9. The van der Waals surface area contributed by atoms with Crippen LogP contribution in [0.3, 0.4) is 0 Å². The van der Waals surface area contributed by atoms with Crippen molar-refractivity contribution in [2.24, 2.45) is 0 Å². The molecule has 20 heavy (non-hydrogen) atoms. The van der Waals surface area contributed by atoms with E-state index in [0.717, 1.165) is 13.4 Å². The molecule has 0 radical (unpaired) electrons. The Morgan fingerprint density at radius 3 is 2.20 bits per heavy atom. The third kappa shape index (κ3) is 4.17. The lowest BCUT2D eigenvalue weighted by molar-refractivity contribution is 0.0962. The predicted molar refractivity (Wildman–Crippen MR) is 90.4 cm³/mol. The highest BCUT2D eigenvalue weighted by Gasteiger charge is 2.10. The quantitative estimate of drug-likeness (QED) is 0.538. The zero-order valence-electron chi connectivity index (χ0n) is 10.4. The lowest BCUT2D eigenvalue weighted by atomic mass is 10.1. The molecule has 2 aromatic carbocycles. The van der Waals surface area contributed by atoms with Crippen LogP contribution in [0.2, 0.25) is 0 Å². The van der Waals surface area contributed by atoms with Gasteiger partial charge in [-0.25, -0.2) is 0 Å². The Kier molecular flexibility index (Phi) is 5.81. The normalized spacial score (nSPS) is 10.3. The van der Waals surface area contributed by atoms with E-state index in [1.165, 1.54) is 0 Å². The predicted octanol–water partition coefficient (Wildman–Crippen LogP) is 5.63. The van der Waals surface area contributed by atoms with Crippen molar-refractivity contribution in [3.8, 4) is 5.75 Å². The van der Waals surface area contributed by atoms with Crippen LogP contribution < -0.4 is 4.74 Å². The van der Waals surface area contributed by atoms with Gasteiger partial charge in [0.15, 0.2) is 5.78 Å². The molecule has 0 saturated heterocycles. The molecule has 2 aromatic rings. The largest absolute Gasteiger partial charge is 0.491 e. The maximum absolute atomic E-state index is 11.9. The first-order valence-corrected chi connectivity index (χ1v) is 8.31. The smallest absolute Gasteiger partial charge is 0.166 e. The second-order valence-corrected chi connectivity index (χ2v) is 6.71. The number of ether oxygens (including phenoxy) is 1. The Morgan fingerprint density at radius 2 is 1.60 bits per heavy atom. The van der Waals surface area contributed by atoms with Gasteiger partial charge in [-0.2, -0.15) is 0 Å². The fourth-order valence-electron chi connectivity index (χ4n) is 1.68. The van der Waals surface area contributed by atoms with E-state index in [4.69, 9.17) is 4.74 Å². The maximum Gasteiger partial charge on any atom is 0.166 e. The number of rotatable bonds is 5. The van der Waals surface area contributed by atoms with Crippen molar-refractivity contribution in [3.63, 3.8) is 0 Å². The molecule has 0 fully saturated rings. The van der Waals surface area contributed by atoms with Crippen molar-refractivity contribution in [1.82, 2.24) is 0 Å². The molecule has 2 rings (SSSR count). The van der Waals surface area contributed by atoms with E-state index in [-0.39, 0.29) is 5.78 Å². The second-order valence-electron chi connectivity index (χ2n) is 4.09. The van der Waals surface area contributed by atoms with Crippen molar-refractivity contribution in [3.05, 3.63) is 61.4 Å². The Hall–Kier alpha value is -0.650. The first-order chi connectivity index (χ1) is 9.58. The molecule has 0 N–H and O–H groups in total. The minimum atomic E-state index is 0.0787. The molecule has 104 valence electrons. The van der Waals surface area contributed by atoms with E-state index in [9.17, 15) is 4.79 Å². The van der Waals surface area contributed by atoms with Gasteiger partial charge in [-0.05, 0) is 44.0 Å². The summed E-state index contributed by atoms with van der Waals surface area (Å²) in [6.45, 7) is 0.340. The van der Waals surface area contributed by atoms with Gasteiger partial charge in [0, 0.05) is 16.5 Å². The summed E-state index contributed by atoms with van der Waals surface area (Å²) in [6.07, 6.45) is 0.346. The van der Waals surface area contributed by atoms with Gasteiger partial charge in [0.2, 0.25) is 0 Å². The Labute approximate surface area is 142 Å². The summed E-state index contributed by atoms with van der Waals surface area (Å²) >= 11 is 10.3. The van der Waals surface area contributed by atoms with Gasteiger partial charge in [0.05, 0.1) is 15.6 Å². The van der Waals surface area contributed by atoms with Crippen LogP contribution in [0.5, 0.6) is 5.75 Å². The summed E-state index contributed by atoms with van der Waals surface area (Å²) in [5.41, 5.74) is 0.713. The summed E-state index contributed by atoms with van der Waals surface area (Å²) in [7, 11) is 0. The van der Waals surface area contributed by atoms with E-state index < -0.39 is 0 Å². The zero-order valence-corrected chi connectivity index (χ0v) is 15.2. The summed E-state index contributed by atoms with van der Waals surface area (Å²) in [5, 5.41) is 0. The molecule has 0 bridgehead atoms. The monoisotopic (exact) mass is 460 g/mol. The first kappa shape index (κ1) is 15.7. The molecule has 0 aliphatic heterocycles. The molecule has 0 aliphatic rings. The third-order valence-corrected chi connectivity index (χ3v) is 4.27. The van der Waals surface area contributed by atoms with Crippen LogP contribution in [0.25, 0.3) is 0 Å². The minimum absolute atomic E-state index is 0.0787. The molecule has 5 heteroatoms. The van der Waals surface area contributed by atoms with E-state index in [0.29, 0.717) is 24.3 Å². The molecule has 0 aromatic heterocycles. The molecular weight excluding hydrogens is 452 g/mol. The molecule has 0 saturated carbocycles. The second kappa shape index (κ2) is 7.38. The highest BCUT2D eigenvalue weighted by atomic mass is 79.9. The zero-order chi connectivity index (χ0) is 14.5. The molecule has 0 heterocycles. The number of hydrogen-bond acceptors (Lipinski definition) is 2. The SMILES string of the molecule is O=C(CCOc1c(Br)cc(Br)cc1Br)c1ccccc1. The average molecular weight is 463 g/mol. The van der Waals surface area contributed by atoms with Crippen molar-refractivity contribution in [1.29, 1.82) is 0 Å². The number of carbonyl (C=O) groups is 1. The van der Waals surface area contributed by atoms with Crippen LogP contribution >= 0.6 is 47.8 Å². The van der Waals surface area contributed by atoms with E-state index in [1.54, 1.807) is 0 Å². The van der Waals surface area contributed by atoms with Crippen LogP contribution in [0.15, 0.2) is 55.9 Å². The van der Waals surface area contributed by atoms with E-state index in [1.807, 2.05) is 42.5 Å². The number of Topliss-reactive ketones (excluding diaryl/α,β-unsaturated/α-hetero) is 1. The number of hydrogen-bond donors (Lipinski definition) is 0. The van der Waals surface area contributed by atoms with Crippen LogP contribution in [0.4, 0.5) is 0 Å². The minimum Gasteiger partial charge on any atom is -0.491 e. The van der Waals surface area contributed by atoms with Gasteiger partial charge in [-0.15, -0.1) is 0 Å². The molecule has 0 spiro atoms. The van der Waals surface area contributed by atoms with Gasteiger partial charge in [0.1, 0.15) is 5.75 Å².